The monoisotopic (exact) mass is 525 g/mol. The maximum atomic E-state index is 12.4. The van der Waals surface area contributed by atoms with Gasteiger partial charge in [0.2, 0.25) is 5.95 Å². The van der Waals surface area contributed by atoms with Crippen molar-refractivity contribution in [2.75, 3.05) is 18.9 Å². The number of rotatable bonds is 8. The van der Waals surface area contributed by atoms with Crippen LogP contribution in [-0.4, -0.2) is 39.0 Å². The lowest BCUT2D eigenvalue weighted by Gasteiger charge is -2.36. The van der Waals surface area contributed by atoms with Gasteiger partial charge in [0.1, 0.15) is 0 Å². The first-order chi connectivity index (χ1) is 18.9. The first-order valence-corrected chi connectivity index (χ1v) is 13.8. The molecule has 4 heterocycles. The van der Waals surface area contributed by atoms with Crippen LogP contribution >= 0.6 is 0 Å². The molecule has 39 heavy (non-hydrogen) atoms. The highest BCUT2D eigenvalue weighted by Crippen LogP contribution is 2.47. The van der Waals surface area contributed by atoms with Gasteiger partial charge in [0.05, 0.1) is 23.2 Å². The van der Waals surface area contributed by atoms with Crippen molar-refractivity contribution in [3.8, 4) is 11.1 Å². The summed E-state index contributed by atoms with van der Waals surface area (Å²) in [7, 11) is 1.78. The van der Waals surface area contributed by atoms with E-state index < -0.39 is 5.41 Å². The number of pyridine rings is 2. The standard InChI is InChI=1S/C31H35N5O3/c1-20-14-23(18-36(2)29(20)37)22-10-11-26-25(15-22)28(35-30(32)34-26)31(16-21-8-9-21,24-6-5-12-33-17-24)19-39-27-7-3-4-13-38-27/h5-6,10-12,14-15,17-18,21,27H,3-4,7-9,13,16,19H2,1-2H3,(H2,32,34,35). The summed E-state index contributed by atoms with van der Waals surface area (Å²) in [6.45, 7) is 2.98. The van der Waals surface area contributed by atoms with Crippen molar-refractivity contribution in [3.63, 3.8) is 0 Å². The molecule has 1 aliphatic heterocycles. The average Bonchev–Trinajstić information content (AvgIpc) is 3.78. The molecule has 8 heteroatoms. The van der Waals surface area contributed by atoms with Crippen LogP contribution in [0.5, 0.6) is 0 Å². The highest BCUT2D eigenvalue weighted by Gasteiger charge is 2.44. The Hall–Kier alpha value is -3.62. The van der Waals surface area contributed by atoms with Gasteiger partial charge in [0.15, 0.2) is 6.29 Å². The van der Waals surface area contributed by atoms with Crippen LogP contribution in [0, 0.1) is 12.8 Å². The van der Waals surface area contributed by atoms with Gasteiger partial charge < -0.3 is 19.8 Å². The predicted molar refractivity (Wildman–Crippen MR) is 151 cm³/mol. The molecule has 1 aromatic carbocycles. The first-order valence-electron chi connectivity index (χ1n) is 13.8. The zero-order valence-electron chi connectivity index (χ0n) is 22.6. The van der Waals surface area contributed by atoms with Crippen molar-refractivity contribution in [1.82, 2.24) is 19.5 Å². The summed E-state index contributed by atoms with van der Waals surface area (Å²) in [6.07, 6.45) is 11.7. The maximum absolute atomic E-state index is 12.4. The third-order valence-corrected chi connectivity index (χ3v) is 8.06. The Bertz CT molecular complexity index is 1520. The summed E-state index contributed by atoms with van der Waals surface area (Å²) < 4.78 is 14.1. The Balaban J connectivity index is 1.54. The van der Waals surface area contributed by atoms with Crippen LogP contribution in [-0.2, 0) is 21.9 Å². The Labute approximate surface area is 228 Å². The first kappa shape index (κ1) is 25.6. The number of nitrogen functional groups attached to an aromatic ring is 1. The van der Waals surface area contributed by atoms with Gasteiger partial charge in [-0.3, -0.25) is 9.78 Å². The van der Waals surface area contributed by atoms with E-state index in [1.165, 1.54) is 12.8 Å². The van der Waals surface area contributed by atoms with Gasteiger partial charge in [-0.2, -0.15) is 0 Å². The lowest BCUT2D eigenvalue weighted by molar-refractivity contribution is -0.170. The smallest absolute Gasteiger partial charge is 0.253 e. The van der Waals surface area contributed by atoms with Crippen molar-refractivity contribution in [2.45, 2.75) is 57.2 Å². The number of benzene rings is 1. The molecule has 4 aromatic rings. The second-order valence-electron chi connectivity index (χ2n) is 11.1. The lowest BCUT2D eigenvalue weighted by atomic mass is 9.73. The van der Waals surface area contributed by atoms with Crippen LogP contribution < -0.4 is 11.3 Å². The van der Waals surface area contributed by atoms with Gasteiger partial charge in [-0.25, -0.2) is 9.97 Å². The number of aryl methyl sites for hydroxylation is 2. The van der Waals surface area contributed by atoms with Crippen molar-refractivity contribution in [3.05, 3.63) is 82.2 Å². The lowest BCUT2D eigenvalue weighted by Crippen LogP contribution is -2.38. The van der Waals surface area contributed by atoms with Crippen molar-refractivity contribution < 1.29 is 9.47 Å². The number of fused-ring (bicyclic) bond motifs is 1. The highest BCUT2D eigenvalue weighted by atomic mass is 16.7. The van der Waals surface area contributed by atoms with E-state index in [0.29, 0.717) is 18.1 Å². The summed E-state index contributed by atoms with van der Waals surface area (Å²) in [4.78, 5) is 26.4. The third-order valence-electron chi connectivity index (χ3n) is 8.06. The number of nitrogens with two attached hydrogens (primary N) is 1. The molecule has 0 radical (unpaired) electrons. The minimum absolute atomic E-state index is 0.00144. The molecule has 2 unspecified atom stereocenters. The minimum Gasteiger partial charge on any atom is -0.368 e. The summed E-state index contributed by atoms with van der Waals surface area (Å²) in [5.74, 6) is 0.808. The van der Waals surface area contributed by atoms with Gasteiger partial charge in [-0.05, 0) is 79.5 Å². The van der Waals surface area contributed by atoms with Crippen LogP contribution in [0.3, 0.4) is 0 Å². The van der Waals surface area contributed by atoms with Crippen LogP contribution in [0.4, 0.5) is 5.95 Å². The normalized spacial score (nSPS) is 19.2. The number of nitrogens with zero attached hydrogens (tertiary/aromatic N) is 4. The zero-order chi connectivity index (χ0) is 27.0. The van der Waals surface area contributed by atoms with E-state index in [1.54, 1.807) is 17.8 Å². The molecule has 0 bridgehead atoms. The molecular formula is C31H35N5O3. The second kappa shape index (κ2) is 10.5. The van der Waals surface area contributed by atoms with Gasteiger partial charge in [0.25, 0.3) is 5.56 Å². The van der Waals surface area contributed by atoms with Crippen LogP contribution in [0.2, 0.25) is 0 Å². The van der Waals surface area contributed by atoms with Crippen LogP contribution in [0.1, 0.15) is 55.3 Å². The molecule has 8 nitrogen and oxygen atoms in total. The Morgan fingerprint density at radius 2 is 2.00 bits per heavy atom. The molecule has 2 fully saturated rings. The van der Waals surface area contributed by atoms with E-state index in [9.17, 15) is 4.79 Å². The Morgan fingerprint density at radius 3 is 2.72 bits per heavy atom. The zero-order valence-corrected chi connectivity index (χ0v) is 22.6. The maximum Gasteiger partial charge on any atom is 0.253 e. The number of anilines is 1. The van der Waals surface area contributed by atoms with E-state index in [2.05, 4.69) is 22.1 Å². The molecule has 0 spiro atoms. The molecule has 1 aliphatic carbocycles. The van der Waals surface area contributed by atoms with E-state index in [1.807, 2.05) is 43.6 Å². The second-order valence-corrected chi connectivity index (χ2v) is 11.1. The molecular weight excluding hydrogens is 490 g/mol. The molecule has 0 amide bonds. The molecule has 2 aliphatic rings. The van der Waals surface area contributed by atoms with Crippen LogP contribution in [0.25, 0.3) is 22.0 Å². The van der Waals surface area contributed by atoms with E-state index in [-0.39, 0.29) is 17.8 Å². The molecule has 1 saturated carbocycles. The van der Waals surface area contributed by atoms with E-state index in [4.69, 9.17) is 20.2 Å². The molecule has 6 rings (SSSR count). The predicted octanol–water partition coefficient (Wildman–Crippen LogP) is 4.91. The van der Waals surface area contributed by atoms with Crippen molar-refractivity contribution >= 4 is 16.9 Å². The summed E-state index contributed by atoms with van der Waals surface area (Å²) in [5, 5.41) is 0.922. The number of ether oxygens (including phenoxy) is 2. The number of hydrogen-bond donors (Lipinski definition) is 1. The van der Waals surface area contributed by atoms with Gasteiger partial charge in [-0.1, -0.05) is 25.0 Å². The fourth-order valence-electron chi connectivity index (χ4n) is 5.83. The topological polar surface area (TPSA) is 105 Å². The van der Waals surface area contributed by atoms with Gasteiger partial charge in [-0.15, -0.1) is 0 Å². The van der Waals surface area contributed by atoms with E-state index in [0.717, 1.165) is 65.6 Å². The molecule has 2 N–H and O–H groups in total. The molecule has 1 saturated heterocycles. The molecule has 202 valence electrons. The number of hydrogen-bond acceptors (Lipinski definition) is 7. The Kier molecular flexibility index (Phi) is 6.91. The summed E-state index contributed by atoms with van der Waals surface area (Å²) >= 11 is 0. The van der Waals surface area contributed by atoms with Crippen molar-refractivity contribution in [2.24, 2.45) is 13.0 Å². The SMILES string of the molecule is Cc1cc(-c2ccc3nc(N)nc(C(COC4CCCCO4)(CC4CC4)c4cccnc4)c3c2)cn(C)c1=O. The highest BCUT2D eigenvalue weighted by molar-refractivity contribution is 5.88. The van der Waals surface area contributed by atoms with Gasteiger partial charge in [0, 0.05) is 43.2 Å². The average molecular weight is 526 g/mol. The third kappa shape index (κ3) is 5.18. The fourth-order valence-corrected chi connectivity index (χ4v) is 5.83. The quantitative estimate of drug-likeness (QED) is 0.348. The largest absolute Gasteiger partial charge is 0.368 e. The van der Waals surface area contributed by atoms with Crippen molar-refractivity contribution in [1.29, 1.82) is 0 Å². The summed E-state index contributed by atoms with van der Waals surface area (Å²) in [5.41, 5.74) is 11.1. The number of aromatic nitrogens is 4. The van der Waals surface area contributed by atoms with Crippen LogP contribution in [0.15, 0.2) is 59.8 Å². The molecule has 3 aromatic heterocycles. The fraction of sp³-hybridized carbons (Fsp3) is 0.419. The minimum atomic E-state index is -0.580. The van der Waals surface area contributed by atoms with E-state index >= 15 is 0 Å². The summed E-state index contributed by atoms with van der Waals surface area (Å²) in [6, 6.07) is 12.2. The van der Waals surface area contributed by atoms with Gasteiger partial charge >= 0.3 is 0 Å². The molecule has 2 atom stereocenters. The Morgan fingerprint density at radius 1 is 1.13 bits per heavy atom.